The molecule has 1 aliphatic rings. The van der Waals surface area contributed by atoms with Crippen LogP contribution in [0.25, 0.3) is 21.5 Å². The van der Waals surface area contributed by atoms with Crippen LogP contribution in [-0.2, 0) is 9.59 Å². The zero-order valence-electron chi connectivity index (χ0n) is 19.4. The number of carbonyl (C=O) groups is 2. The van der Waals surface area contributed by atoms with Gasteiger partial charge in [0.15, 0.2) is 0 Å². The van der Waals surface area contributed by atoms with Crippen molar-refractivity contribution < 1.29 is 14.8 Å². The van der Waals surface area contributed by atoms with Gasteiger partial charge in [0, 0.05) is 29.5 Å². The summed E-state index contributed by atoms with van der Waals surface area (Å²) in [5.74, 6) is -0.250. The number of benzene rings is 4. The highest BCUT2D eigenvalue weighted by atomic mass is 32.2. The predicted molar refractivity (Wildman–Crippen MR) is 142 cm³/mol. The summed E-state index contributed by atoms with van der Waals surface area (Å²) >= 11 is 1.78. The summed E-state index contributed by atoms with van der Waals surface area (Å²) in [6.07, 6.45) is 2.99. The average molecular weight is 485 g/mol. The summed E-state index contributed by atoms with van der Waals surface area (Å²) < 4.78 is 0. The molecule has 0 saturated heterocycles. The standard InChI is InChI=1S/C29H28N2O3S/c32-27(30-34)16-2-1-9-17-31-24-14-7-8-15-25(24)35-26(19-28(31)33)29-22-12-5-3-10-20(22)18-21-11-4-6-13-23(21)29/h3-8,10-15,18,26,34H,1-2,9,16-17,19H2,(H,30,32). The number of nitrogens with zero attached hydrogens (tertiary/aromatic N) is 1. The third-order valence-electron chi connectivity index (χ3n) is 6.63. The molecular weight excluding hydrogens is 456 g/mol. The van der Waals surface area contributed by atoms with Gasteiger partial charge in [-0.2, -0.15) is 0 Å². The van der Waals surface area contributed by atoms with E-state index in [9.17, 15) is 9.59 Å². The number of fused-ring (bicyclic) bond motifs is 3. The smallest absolute Gasteiger partial charge is 0.243 e. The van der Waals surface area contributed by atoms with Crippen molar-refractivity contribution in [3.63, 3.8) is 0 Å². The summed E-state index contributed by atoms with van der Waals surface area (Å²) in [6, 6.07) is 27.3. The van der Waals surface area contributed by atoms with Crippen LogP contribution in [0, 0.1) is 0 Å². The van der Waals surface area contributed by atoms with Crippen LogP contribution < -0.4 is 10.4 Å². The van der Waals surface area contributed by atoms with E-state index in [0.717, 1.165) is 23.4 Å². The number of nitrogens with one attached hydrogen (secondary N) is 1. The summed E-state index contributed by atoms with van der Waals surface area (Å²) in [5, 5.41) is 13.4. The van der Waals surface area contributed by atoms with E-state index >= 15 is 0 Å². The number of hydrogen-bond donors (Lipinski definition) is 2. The Hall–Kier alpha value is -3.35. The molecule has 2 N–H and O–H groups in total. The van der Waals surface area contributed by atoms with E-state index < -0.39 is 0 Å². The lowest BCUT2D eigenvalue weighted by Crippen LogP contribution is -2.31. The molecule has 0 radical (unpaired) electrons. The molecule has 0 spiro atoms. The number of anilines is 1. The minimum atomic E-state index is -0.372. The van der Waals surface area contributed by atoms with Gasteiger partial charge >= 0.3 is 0 Å². The van der Waals surface area contributed by atoms with E-state index in [-0.39, 0.29) is 23.5 Å². The van der Waals surface area contributed by atoms with Crippen molar-refractivity contribution in [1.82, 2.24) is 5.48 Å². The van der Waals surface area contributed by atoms with E-state index in [1.807, 2.05) is 23.1 Å². The molecular formula is C29H28N2O3S. The second-order valence-electron chi connectivity index (χ2n) is 8.90. The van der Waals surface area contributed by atoms with E-state index in [1.165, 1.54) is 27.1 Å². The molecule has 1 aliphatic heterocycles. The summed E-state index contributed by atoms with van der Waals surface area (Å²) in [6.45, 7) is 0.611. The molecule has 35 heavy (non-hydrogen) atoms. The first-order valence-corrected chi connectivity index (χ1v) is 12.9. The highest BCUT2D eigenvalue weighted by Crippen LogP contribution is 2.49. The first-order chi connectivity index (χ1) is 17.2. The number of rotatable bonds is 7. The molecule has 178 valence electrons. The van der Waals surface area contributed by atoms with Gasteiger partial charge in [-0.3, -0.25) is 14.8 Å². The molecule has 0 aliphatic carbocycles. The van der Waals surface area contributed by atoms with Gasteiger partial charge in [0.25, 0.3) is 0 Å². The molecule has 1 heterocycles. The molecule has 6 heteroatoms. The number of hydrogen-bond acceptors (Lipinski definition) is 4. The molecule has 2 amide bonds. The van der Waals surface area contributed by atoms with Gasteiger partial charge < -0.3 is 4.90 Å². The minimum absolute atomic E-state index is 0.00194. The molecule has 0 saturated carbocycles. The van der Waals surface area contributed by atoms with Crippen molar-refractivity contribution in [2.45, 2.75) is 42.2 Å². The number of carbonyl (C=O) groups excluding carboxylic acids is 2. The van der Waals surface area contributed by atoms with Gasteiger partial charge in [-0.15, -0.1) is 11.8 Å². The second kappa shape index (κ2) is 10.5. The lowest BCUT2D eigenvalue weighted by molar-refractivity contribution is -0.129. The summed E-state index contributed by atoms with van der Waals surface area (Å²) in [5.41, 5.74) is 3.86. The van der Waals surface area contributed by atoms with Gasteiger partial charge in [-0.25, -0.2) is 5.48 Å². The lowest BCUT2D eigenvalue weighted by Gasteiger charge is -2.23. The lowest BCUT2D eigenvalue weighted by atomic mass is 9.93. The Labute approximate surface area is 209 Å². The Balaban J connectivity index is 1.48. The Morgan fingerprint density at radius 2 is 1.57 bits per heavy atom. The van der Waals surface area contributed by atoms with Crippen molar-refractivity contribution in [2.75, 3.05) is 11.4 Å². The number of unbranched alkanes of at least 4 members (excludes halogenated alkanes) is 2. The fraction of sp³-hybridized carbons (Fsp3) is 0.241. The Morgan fingerprint density at radius 3 is 2.29 bits per heavy atom. The van der Waals surface area contributed by atoms with Gasteiger partial charge in [-0.1, -0.05) is 67.1 Å². The van der Waals surface area contributed by atoms with Gasteiger partial charge in [-0.05, 0) is 58.1 Å². The third-order valence-corrected chi connectivity index (χ3v) is 7.92. The fourth-order valence-corrected chi connectivity index (χ4v) is 6.33. The maximum absolute atomic E-state index is 13.7. The van der Waals surface area contributed by atoms with Crippen LogP contribution in [0.15, 0.2) is 83.8 Å². The first-order valence-electron chi connectivity index (χ1n) is 12.0. The molecule has 0 aromatic heterocycles. The van der Waals surface area contributed by atoms with Crippen molar-refractivity contribution in [2.24, 2.45) is 0 Å². The zero-order chi connectivity index (χ0) is 24.2. The first kappa shape index (κ1) is 23.4. The maximum atomic E-state index is 13.7. The monoisotopic (exact) mass is 484 g/mol. The normalized spacial score (nSPS) is 15.7. The maximum Gasteiger partial charge on any atom is 0.243 e. The van der Waals surface area contributed by atoms with Crippen LogP contribution in [0.5, 0.6) is 0 Å². The van der Waals surface area contributed by atoms with E-state index in [2.05, 4.69) is 60.7 Å². The van der Waals surface area contributed by atoms with Crippen molar-refractivity contribution in [3.05, 3.63) is 84.4 Å². The molecule has 4 aromatic carbocycles. The summed E-state index contributed by atoms with van der Waals surface area (Å²) in [7, 11) is 0. The number of thioether (sulfide) groups is 1. The zero-order valence-corrected chi connectivity index (χ0v) is 20.3. The predicted octanol–water partition coefficient (Wildman–Crippen LogP) is 6.63. The van der Waals surface area contributed by atoms with Crippen LogP contribution in [0.2, 0.25) is 0 Å². The largest absolute Gasteiger partial charge is 0.311 e. The minimum Gasteiger partial charge on any atom is -0.311 e. The van der Waals surface area contributed by atoms with Crippen LogP contribution in [0.4, 0.5) is 5.69 Å². The van der Waals surface area contributed by atoms with E-state index in [4.69, 9.17) is 5.21 Å². The van der Waals surface area contributed by atoms with Gasteiger partial charge in [0.2, 0.25) is 11.8 Å². The quantitative estimate of drug-likeness (QED) is 0.134. The highest BCUT2D eigenvalue weighted by molar-refractivity contribution is 7.99. The fourth-order valence-electron chi connectivity index (χ4n) is 4.97. The van der Waals surface area contributed by atoms with Crippen LogP contribution in [-0.4, -0.2) is 23.6 Å². The van der Waals surface area contributed by atoms with Gasteiger partial charge in [0.1, 0.15) is 0 Å². The third kappa shape index (κ3) is 4.90. The number of amides is 2. The average Bonchev–Trinajstić information content (AvgIpc) is 3.02. The Morgan fingerprint density at radius 1 is 0.914 bits per heavy atom. The number of hydroxylamine groups is 1. The van der Waals surface area contributed by atoms with Crippen LogP contribution in [0.3, 0.4) is 0 Å². The molecule has 5 rings (SSSR count). The molecule has 1 unspecified atom stereocenters. The Kier molecular flexibility index (Phi) is 7.02. The van der Waals surface area contributed by atoms with E-state index in [0.29, 0.717) is 19.4 Å². The van der Waals surface area contributed by atoms with Crippen LogP contribution >= 0.6 is 11.8 Å². The second-order valence-corrected chi connectivity index (χ2v) is 10.1. The molecule has 0 bridgehead atoms. The van der Waals surface area contributed by atoms with Gasteiger partial charge in [0.05, 0.1) is 5.69 Å². The highest BCUT2D eigenvalue weighted by Gasteiger charge is 2.30. The summed E-state index contributed by atoms with van der Waals surface area (Å²) in [4.78, 5) is 28.0. The van der Waals surface area contributed by atoms with Crippen LogP contribution in [0.1, 0.15) is 42.9 Å². The van der Waals surface area contributed by atoms with Crippen molar-refractivity contribution >= 4 is 50.8 Å². The molecule has 4 aromatic rings. The molecule has 5 nitrogen and oxygen atoms in total. The topological polar surface area (TPSA) is 69.6 Å². The molecule has 0 fully saturated rings. The van der Waals surface area contributed by atoms with Crippen molar-refractivity contribution in [1.29, 1.82) is 0 Å². The number of para-hydroxylation sites is 1. The van der Waals surface area contributed by atoms with Crippen molar-refractivity contribution in [3.8, 4) is 0 Å². The SMILES string of the molecule is O=C(CCCCCN1C(=O)CC(c2c3ccccc3cc3ccccc23)Sc2ccccc21)NO. The Bertz CT molecular complexity index is 1330. The molecule has 1 atom stereocenters. The van der Waals surface area contributed by atoms with E-state index in [1.54, 1.807) is 17.2 Å².